The Kier molecular flexibility index (Phi) is 3.39. The molecule has 0 unspecified atom stereocenters. The Labute approximate surface area is 98.8 Å². The highest BCUT2D eigenvalue weighted by Crippen LogP contribution is 2.13. The Morgan fingerprint density at radius 2 is 2.18 bits per heavy atom. The lowest BCUT2D eigenvalue weighted by Gasteiger charge is -2.25. The maximum absolute atomic E-state index is 11.7. The van der Waals surface area contributed by atoms with Gasteiger partial charge in [0.05, 0.1) is 12.3 Å². The van der Waals surface area contributed by atoms with Gasteiger partial charge >= 0.3 is 5.97 Å². The number of nitrogens with one attached hydrogen (secondary N) is 2. The van der Waals surface area contributed by atoms with Crippen LogP contribution in [0.4, 0.5) is 5.69 Å². The van der Waals surface area contributed by atoms with Gasteiger partial charge in [-0.05, 0) is 17.7 Å². The molecule has 5 heteroatoms. The molecule has 0 aromatic heterocycles. The number of carbonyl (C=O) groups excluding carboxylic acids is 1. The molecular weight excluding hydrogens is 220 g/mol. The summed E-state index contributed by atoms with van der Waals surface area (Å²) >= 11 is 0. The van der Waals surface area contributed by atoms with Gasteiger partial charge in [0, 0.05) is 18.8 Å². The van der Waals surface area contributed by atoms with Gasteiger partial charge in [0.25, 0.3) is 0 Å². The van der Waals surface area contributed by atoms with Crippen molar-refractivity contribution in [3.05, 3.63) is 29.8 Å². The summed E-state index contributed by atoms with van der Waals surface area (Å²) in [6.07, 6.45) is -0.0330. The first-order valence-corrected chi connectivity index (χ1v) is 5.47. The third-order valence-corrected chi connectivity index (χ3v) is 2.70. The molecule has 0 saturated carbocycles. The molecule has 1 aromatic rings. The van der Waals surface area contributed by atoms with Crippen molar-refractivity contribution in [3.63, 3.8) is 0 Å². The van der Waals surface area contributed by atoms with Crippen molar-refractivity contribution < 1.29 is 14.7 Å². The van der Waals surface area contributed by atoms with Crippen LogP contribution in [-0.2, 0) is 16.0 Å². The third-order valence-electron chi connectivity index (χ3n) is 2.70. The fourth-order valence-electron chi connectivity index (χ4n) is 1.65. The summed E-state index contributed by atoms with van der Waals surface area (Å²) in [5.74, 6) is -0.869. The summed E-state index contributed by atoms with van der Waals surface area (Å²) in [6, 6.07) is 6.93. The lowest BCUT2D eigenvalue weighted by atomic mass is 10.0. The van der Waals surface area contributed by atoms with E-state index in [1.807, 2.05) is 0 Å². The maximum atomic E-state index is 11.7. The number of amides is 1. The number of rotatable bonds is 4. The Bertz CT molecular complexity index is 441. The van der Waals surface area contributed by atoms with Crippen molar-refractivity contribution in [2.45, 2.75) is 6.42 Å². The second-order valence-corrected chi connectivity index (χ2v) is 4.12. The van der Waals surface area contributed by atoms with Crippen LogP contribution in [0.1, 0.15) is 5.56 Å². The predicted octanol–water partition coefficient (Wildman–Crippen LogP) is 0.472. The monoisotopic (exact) mass is 234 g/mol. The van der Waals surface area contributed by atoms with Gasteiger partial charge in [-0.2, -0.15) is 0 Å². The van der Waals surface area contributed by atoms with Crippen molar-refractivity contribution in [1.29, 1.82) is 0 Å². The van der Waals surface area contributed by atoms with E-state index in [2.05, 4.69) is 10.6 Å². The van der Waals surface area contributed by atoms with Crippen LogP contribution in [0, 0.1) is 5.92 Å². The molecule has 0 atom stereocenters. The Hall–Kier alpha value is -1.88. The van der Waals surface area contributed by atoms with Gasteiger partial charge in [0.1, 0.15) is 0 Å². The predicted molar refractivity (Wildman–Crippen MR) is 62.8 cm³/mol. The average Bonchev–Trinajstić information content (AvgIpc) is 2.13. The molecule has 90 valence electrons. The van der Waals surface area contributed by atoms with Gasteiger partial charge in [-0.25, -0.2) is 0 Å². The van der Waals surface area contributed by atoms with E-state index in [0.29, 0.717) is 24.3 Å². The molecule has 1 fully saturated rings. The Balaban J connectivity index is 2.00. The summed E-state index contributed by atoms with van der Waals surface area (Å²) in [7, 11) is 0. The summed E-state index contributed by atoms with van der Waals surface area (Å²) in [6.45, 7) is 1.42. The van der Waals surface area contributed by atoms with E-state index in [4.69, 9.17) is 5.11 Å². The van der Waals surface area contributed by atoms with E-state index in [9.17, 15) is 9.59 Å². The Morgan fingerprint density at radius 3 is 2.76 bits per heavy atom. The molecule has 1 amide bonds. The topological polar surface area (TPSA) is 78.4 Å². The zero-order chi connectivity index (χ0) is 12.3. The minimum Gasteiger partial charge on any atom is -0.481 e. The first-order valence-electron chi connectivity index (χ1n) is 5.47. The molecule has 1 saturated heterocycles. The number of hydrogen-bond acceptors (Lipinski definition) is 3. The lowest BCUT2D eigenvalue weighted by molar-refractivity contribution is -0.136. The number of carboxylic acids is 1. The first-order chi connectivity index (χ1) is 8.15. The van der Waals surface area contributed by atoms with E-state index in [1.54, 1.807) is 24.3 Å². The van der Waals surface area contributed by atoms with Crippen LogP contribution in [0.2, 0.25) is 0 Å². The summed E-state index contributed by atoms with van der Waals surface area (Å²) in [5.41, 5.74) is 1.34. The highest BCUT2D eigenvalue weighted by molar-refractivity contribution is 5.93. The standard InChI is InChI=1S/C12H14N2O3/c15-11(16)5-8-2-1-3-10(4-8)14-12(17)9-6-13-7-9/h1-4,9,13H,5-7H2,(H,14,17)(H,15,16). The molecule has 3 N–H and O–H groups in total. The van der Waals surface area contributed by atoms with E-state index in [1.165, 1.54) is 0 Å². The van der Waals surface area contributed by atoms with E-state index < -0.39 is 5.97 Å². The summed E-state index contributed by atoms with van der Waals surface area (Å²) < 4.78 is 0. The maximum Gasteiger partial charge on any atom is 0.307 e. The third kappa shape index (κ3) is 3.04. The highest BCUT2D eigenvalue weighted by atomic mass is 16.4. The van der Waals surface area contributed by atoms with Crippen LogP contribution in [0.3, 0.4) is 0 Å². The molecule has 5 nitrogen and oxygen atoms in total. The second kappa shape index (κ2) is 4.97. The Morgan fingerprint density at radius 1 is 1.41 bits per heavy atom. The number of aliphatic carboxylic acids is 1. The van der Waals surface area contributed by atoms with Gasteiger partial charge in [-0.1, -0.05) is 12.1 Å². The van der Waals surface area contributed by atoms with Gasteiger partial charge in [-0.15, -0.1) is 0 Å². The molecule has 17 heavy (non-hydrogen) atoms. The minimum absolute atomic E-state index is 0.0174. The van der Waals surface area contributed by atoms with Crippen molar-refractivity contribution >= 4 is 17.6 Å². The smallest absolute Gasteiger partial charge is 0.307 e. The largest absolute Gasteiger partial charge is 0.481 e. The number of benzene rings is 1. The van der Waals surface area contributed by atoms with Crippen LogP contribution in [0.25, 0.3) is 0 Å². The van der Waals surface area contributed by atoms with Gasteiger partial charge < -0.3 is 15.7 Å². The van der Waals surface area contributed by atoms with Crippen LogP contribution >= 0.6 is 0 Å². The highest BCUT2D eigenvalue weighted by Gasteiger charge is 2.24. The summed E-state index contributed by atoms with van der Waals surface area (Å²) in [4.78, 5) is 22.2. The average molecular weight is 234 g/mol. The number of carbonyl (C=O) groups is 2. The molecule has 1 heterocycles. The first kappa shape index (κ1) is 11.6. The van der Waals surface area contributed by atoms with Gasteiger partial charge in [-0.3, -0.25) is 9.59 Å². The quantitative estimate of drug-likeness (QED) is 0.707. The SMILES string of the molecule is O=C(O)Cc1cccc(NC(=O)C2CNC2)c1. The van der Waals surface area contributed by atoms with E-state index in [0.717, 1.165) is 0 Å². The molecule has 0 radical (unpaired) electrons. The summed E-state index contributed by atoms with van der Waals surface area (Å²) in [5, 5.41) is 14.5. The van der Waals surface area contributed by atoms with E-state index in [-0.39, 0.29) is 18.2 Å². The van der Waals surface area contributed by atoms with Crippen LogP contribution in [0.15, 0.2) is 24.3 Å². The molecule has 2 rings (SSSR count). The molecule has 1 aromatic carbocycles. The normalized spacial score (nSPS) is 15.1. The molecule has 0 spiro atoms. The molecule has 0 aliphatic carbocycles. The second-order valence-electron chi connectivity index (χ2n) is 4.12. The van der Waals surface area contributed by atoms with Crippen LogP contribution in [0.5, 0.6) is 0 Å². The fourth-order valence-corrected chi connectivity index (χ4v) is 1.65. The molecule has 0 bridgehead atoms. The molecule has 1 aliphatic rings. The fraction of sp³-hybridized carbons (Fsp3) is 0.333. The van der Waals surface area contributed by atoms with Crippen LogP contribution in [-0.4, -0.2) is 30.1 Å². The zero-order valence-electron chi connectivity index (χ0n) is 9.27. The minimum atomic E-state index is -0.878. The number of carboxylic acid groups (broad SMARTS) is 1. The molecular formula is C12H14N2O3. The van der Waals surface area contributed by atoms with E-state index >= 15 is 0 Å². The van der Waals surface area contributed by atoms with Crippen molar-refractivity contribution in [3.8, 4) is 0 Å². The van der Waals surface area contributed by atoms with Crippen molar-refractivity contribution in [2.75, 3.05) is 18.4 Å². The van der Waals surface area contributed by atoms with Crippen molar-refractivity contribution in [1.82, 2.24) is 5.32 Å². The number of hydrogen-bond donors (Lipinski definition) is 3. The van der Waals surface area contributed by atoms with Crippen molar-refractivity contribution in [2.24, 2.45) is 5.92 Å². The lowest BCUT2D eigenvalue weighted by Crippen LogP contribution is -2.48. The van der Waals surface area contributed by atoms with Gasteiger partial charge in [0.2, 0.25) is 5.91 Å². The zero-order valence-corrected chi connectivity index (χ0v) is 9.27. The number of anilines is 1. The van der Waals surface area contributed by atoms with Crippen LogP contribution < -0.4 is 10.6 Å². The van der Waals surface area contributed by atoms with Gasteiger partial charge in [0.15, 0.2) is 0 Å². The molecule has 1 aliphatic heterocycles.